The topological polar surface area (TPSA) is 83.1 Å². The van der Waals surface area contributed by atoms with Crippen LogP contribution in [0.4, 0.5) is 0 Å². The first-order valence-corrected chi connectivity index (χ1v) is 9.31. The predicted octanol–water partition coefficient (Wildman–Crippen LogP) is 1.70. The SMILES string of the molecule is COc1ccc(CN2CCC(NC(=O)c3n[nH]c4c3CCCC4)C2)cn1. The Morgan fingerprint density at radius 3 is 3.08 bits per heavy atom. The summed E-state index contributed by atoms with van der Waals surface area (Å²) in [6, 6.07) is 4.09. The van der Waals surface area contributed by atoms with Crippen molar-refractivity contribution in [3.8, 4) is 5.88 Å². The minimum atomic E-state index is -0.0395. The molecule has 3 heterocycles. The smallest absolute Gasteiger partial charge is 0.272 e. The Labute approximate surface area is 153 Å². The van der Waals surface area contributed by atoms with E-state index in [0.29, 0.717) is 11.6 Å². The van der Waals surface area contributed by atoms with E-state index in [-0.39, 0.29) is 11.9 Å². The number of pyridine rings is 1. The van der Waals surface area contributed by atoms with Gasteiger partial charge in [0.25, 0.3) is 5.91 Å². The monoisotopic (exact) mass is 355 g/mol. The van der Waals surface area contributed by atoms with Gasteiger partial charge in [0.2, 0.25) is 5.88 Å². The van der Waals surface area contributed by atoms with Crippen LogP contribution >= 0.6 is 0 Å². The number of methoxy groups -OCH3 is 1. The quantitative estimate of drug-likeness (QED) is 0.853. The van der Waals surface area contributed by atoms with Gasteiger partial charge in [-0.25, -0.2) is 4.98 Å². The van der Waals surface area contributed by atoms with E-state index in [1.165, 1.54) is 6.42 Å². The van der Waals surface area contributed by atoms with Crippen LogP contribution in [0.25, 0.3) is 0 Å². The molecule has 1 aliphatic heterocycles. The number of H-pyrrole nitrogens is 1. The van der Waals surface area contributed by atoms with Crippen molar-refractivity contribution in [2.24, 2.45) is 0 Å². The van der Waals surface area contributed by atoms with E-state index < -0.39 is 0 Å². The maximum atomic E-state index is 12.6. The maximum Gasteiger partial charge on any atom is 0.272 e. The molecule has 0 spiro atoms. The summed E-state index contributed by atoms with van der Waals surface area (Å²) in [5.74, 6) is 0.588. The Morgan fingerprint density at radius 2 is 2.27 bits per heavy atom. The number of hydrogen-bond acceptors (Lipinski definition) is 5. The van der Waals surface area contributed by atoms with Crippen LogP contribution in [0, 0.1) is 0 Å². The second-order valence-electron chi connectivity index (χ2n) is 7.14. The number of amides is 1. The van der Waals surface area contributed by atoms with Crippen molar-refractivity contribution in [3.05, 3.63) is 40.8 Å². The Kier molecular flexibility index (Phi) is 4.88. The fourth-order valence-electron chi connectivity index (χ4n) is 3.90. The molecule has 2 N–H and O–H groups in total. The number of fused-ring (bicyclic) bond motifs is 1. The molecule has 0 aromatic carbocycles. The van der Waals surface area contributed by atoms with Gasteiger partial charge in [-0.15, -0.1) is 0 Å². The zero-order valence-electron chi connectivity index (χ0n) is 15.1. The van der Waals surface area contributed by atoms with Gasteiger partial charge >= 0.3 is 0 Å². The van der Waals surface area contributed by atoms with Crippen molar-refractivity contribution < 1.29 is 9.53 Å². The van der Waals surface area contributed by atoms with Gasteiger partial charge in [0.05, 0.1) is 7.11 Å². The average molecular weight is 355 g/mol. The molecule has 7 nitrogen and oxygen atoms in total. The van der Waals surface area contributed by atoms with E-state index in [0.717, 1.165) is 62.1 Å². The number of carbonyl (C=O) groups excluding carboxylic acids is 1. The number of aryl methyl sites for hydroxylation is 1. The number of nitrogens with zero attached hydrogens (tertiary/aromatic N) is 3. The molecule has 2 aliphatic rings. The van der Waals surface area contributed by atoms with E-state index in [4.69, 9.17) is 4.74 Å². The van der Waals surface area contributed by atoms with Crippen LogP contribution in [0.15, 0.2) is 18.3 Å². The Balaban J connectivity index is 1.32. The first kappa shape index (κ1) is 17.0. The number of nitrogens with one attached hydrogen (secondary N) is 2. The van der Waals surface area contributed by atoms with Crippen molar-refractivity contribution in [1.82, 2.24) is 25.4 Å². The van der Waals surface area contributed by atoms with Crippen molar-refractivity contribution in [2.45, 2.75) is 44.7 Å². The lowest BCUT2D eigenvalue weighted by Gasteiger charge is -2.17. The minimum Gasteiger partial charge on any atom is -0.481 e. The van der Waals surface area contributed by atoms with Crippen LogP contribution in [-0.2, 0) is 19.4 Å². The van der Waals surface area contributed by atoms with Gasteiger partial charge < -0.3 is 10.1 Å². The van der Waals surface area contributed by atoms with E-state index in [9.17, 15) is 4.79 Å². The van der Waals surface area contributed by atoms with Gasteiger partial charge in [-0.3, -0.25) is 14.8 Å². The number of hydrogen-bond donors (Lipinski definition) is 2. The fraction of sp³-hybridized carbons (Fsp3) is 0.526. The van der Waals surface area contributed by atoms with Crippen LogP contribution in [0.5, 0.6) is 5.88 Å². The standard InChI is InChI=1S/C19H25N5O2/c1-26-17-7-6-13(10-20-17)11-24-9-8-14(12-24)21-19(25)18-15-4-2-3-5-16(15)22-23-18/h6-7,10,14H,2-5,8-9,11-12H2,1H3,(H,21,25)(H,22,23). The van der Waals surface area contributed by atoms with Gasteiger partial charge in [0, 0.05) is 49.2 Å². The molecule has 1 unspecified atom stereocenters. The lowest BCUT2D eigenvalue weighted by molar-refractivity contribution is 0.0931. The molecular formula is C19H25N5O2. The zero-order chi connectivity index (χ0) is 17.9. The van der Waals surface area contributed by atoms with Crippen molar-refractivity contribution in [3.63, 3.8) is 0 Å². The van der Waals surface area contributed by atoms with E-state index in [1.807, 2.05) is 18.3 Å². The van der Waals surface area contributed by atoms with Gasteiger partial charge in [-0.2, -0.15) is 5.10 Å². The second-order valence-corrected chi connectivity index (χ2v) is 7.14. The third-order valence-electron chi connectivity index (χ3n) is 5.29. The average Bonchev–Trinajstić information content (AvgIpc) is 3.29. The molecule has 4 rings (SSSR count). The van der Waals surface area contributed by atoms with Crippen molar-refractivity contribution in [2.75, 3.05) is 20.2 Å². The number of aromatic nitrogens is 3. The molecule has 0 radical (unpaired) electrons. The number of ether oxygens (including phenoxy) is 1. The van der Waals surface area contributed by atoms with E-state index in [2.05, 4.69) is 25.4 Å². The summed E-state index contributed by atoms with van der Waals surface area (Å²) < 4.78 is 5.09. The van der Waals surface area contributed by atoms with Crippen LogP contribution < -0.4 is 10.1 Å². The highest BCUT2D eigenvalue weighted by atomic mass is 16.5. The molecule has 0 bridgehead atoms. The maximum absolute atomic E-state index is 12.6. The summed E-state index contributed by atoms with van der Waals surface area (Å²) >= 11 is 0. The van der Waals surface area contributed by atoms with Gasteiger partial charge in [-0.1, -0.05) is 6.07 Å². The summed E-state index contributed by atoms with van der Waals surface area (Å²) in [4.78, 5) is 19.2. The molecule has 1 atom stereocenters. The zero-order valence-corrected chi connectivity index (χ0v) is 15.1. The van der Waals surface area contributed by atoms with Crippen LogP contribution in [-0.4, -0.2) is 52.2 Å². The highest BCUT2D eigenvalue weighted by Crippen LogP contribution is 2.22. The molecule has 1 fully saturated rings. The normalized spacial score (nSPS) is 20.0. The molecule has 1 amide bonds. The Bertz CT molecular complexity index is 771. The third-order valence-corrected chi connectivity index (χ3v) is 5.29. The fourth-order valence-corrected chi connectivity index (χ4v) is 3.90. The van der Waals surface area contributed by atoms with Gasteiger partial charge in [0.15, 0.2) is 5.69 Å². The highest BCUT2D eigenvalue weighted by molar-refractivity contribution is 5.94. The van der Waals surface area contributed by atoms with Crippen molar-refractivity contribution >= 4 is 5.91 Å². The number of rotatable bonds is 5. The predicted molar refractivity (Wildman–Crippen MR) is 97.2 cm³/mol. The summed E-state index contributed by atoms with van der Waals surface area (Å²) in [6.07, 6.45) is 7.08. The van der Waals surface area contributed by atoms with Crippen LogP contribution in [0.3, 0.4) is 0 Å². The van der Waals surface area contributed by atoms with Crippen LogP contribution in [0.2, 0.25) is 0 Å². The molecule has 7 heteroatoms. The van der Waals surface area contributed by atoms with E-state index >= 15 is 0 Å². The molecule has 0 saturated carbocycles. The number of carbonyl (C=O) groups is 1. The first-order chi connectivity index (χ1) is 12.7. The Hall–Kier alpha value is -2.41. The van der Waals surface area contributed by atoms with Crippen LogP contribution in [0.1, 0.15) is 46.6 Å². The van der Waals surface area contributed by atoms with Gasteiger partial charge in [0.1, 0.15) is 0 Å². The largest absolute Gasteiger partial charge is 0.481 e. The number of likely N-dealkylation sites (tertiary alicyclic amines) is 1. The summed E-state index contributed by atoms with van der Waals surface area (Å²) in [7, 11) is 1.62. The lowest BCUT2D eigenvalue weighted by Crippen LogP contribution is -2.37. The lowest BCUT2D eigenvalue weighted by atomic mass is 9.95. The summed E-state index contributed by atoms with van der Waals surface area (Å²) in [6.45, 7) is 2.65. The molecule has 26 heavy (non-hydrogen) atoms. The minimum absolute atomic E-state index is 0.0395. The summed E-state index contributed by atoms with van der Waals surface area (Å²) in [5.41, 5.74) is 4.01. The Morgan fingerprint density at radius 1 is 1.38 bits per heavy atom. The van der Waals surface area contributed by atoms with E-state index in [1.54, 1.807) is 7.11 Å². The number of aromatic amines is 1. The molecule has 1 aliphatic carbocycles. The summed E-state index contributed by atoms with van der Waals surface area (Å²) in [5, 5.41) is 10.5. The third kappa shape index (κ3) is 3.58. The molecule has 1 saturated heterocycles. The molecule has 2 aromatic rings. The molecular weight excluding hydrogens is 330 g/mol. The molecule has 138 valence electrons. The second kappa shape index (κ2) is 7.45. The molecule has 2 aromatic heterocycles. The highest BCUT2D eigenvalue weighted by Gasteiger charge is 2.27. The van der Waals surface area contributed by atoms with Crippen molar-refractivity contribution in [1.29, 1.82) is 0 Å². The van der Waals surface area contributed by atoms with Gasteiger partial charge in [-0.05, 0) is 37.7 Å². The first-order valence-electron chi connectivity index (χ1n) is 9.31.